The highest BCUT2D eigenvalue weighted by Crippen LogP contribution is 2.26. The minimum absolute atomic E-state index is 0.193. The molecule has 2 aromatic carbocycles. The predicted octanol–water partition coefficient (Wildman–Crippen LogP) is 3.63. The molecule has 0 fully saturated rings. The van der Waals surface area contributed by atoms with Gasteiger partial charge in [0.15, 0.2) is 5.56 Å². The molecule has 26 heavy (non-hydrogen) atoms. The molecule has 0 aliphatic heterocycles. The van der Waals surface area contributed by atoms with Gasteiger partial charge in [-0.05, 0) is 23.8 Å². The summed E-state index contributed by atoms with van der Waals surface area (Å²) in [5, 5.41) is 14.3. The molecule has 0 saturated heterocycles. The van der Waals surface area contributed by atoms with Crippen molar-refractivity contribution in [2.75, 3.05) is 12.8 Å². The quantitative estimate of drug-likeness (QED) is 0.718. The Hall–Kier alpha value is -3.17. The number of nitrogens with two attached hydrogens (primary N) is 1. The molecule has 0 radical (unpaired) electrons. The standard InChI is InChI=1S/C19H17ClN4O2/c1-25-15-8-6-13(7-9-15)11-24-18(22)16(10-21)19(23-24)26-12-14-4-2-3-5-17(14)20/h2-9H,11-12,22H2,1H3. The van der Waals surface area contributed by atoms with Gasteiger partial charge < -0.3 is 15.2 Å². The van der Waals surface area contributed by atoms with Gasteiger partial charge in [0.2, 0.25) is 0 Å². The first kappa shape index (κ1) is 17.6. The Labute approximate surface area is 156 Å². The van der Waals surface area contributed by atoms with Crippen molar-refractivity contribution in [1.29, 1.82) is 5.26 Å². The Morgan fingerprint density at radius 2 is 1.92 bits per heavy atom. The number of nitrogen functional groups attached to an aromatic ring is 1. The second-order valence-corrected chi connectivity index (χ2v) is 5.97. The summed E-state index contributed by atoms with van der Waals surface area (Å²) < 4.78 is 12.4. The fraction of sp³-hybridized carbons (Fsp3) is 0.158. The molecule has 3 aromatic rings. The van der Waals surface area contributed by atoms with Crippen LogP contribution in [0.15, 0.2) is 48.5 Å². The van der Waals surface area contributed by atoms with Crippen LogP contribution >= 0.6 is 11.6 Å². The monoisotopic (exact) mass is 368 g/mol. The van der Waals surface area contributed by atoms with Crippen molar-refractivity contribution < 1.29 is 9.47 Å². The van der Waals surface area contributed by atoms with Crippen LogP contribution in [-0.4, -0.2) is 16.9 Å². The number of halogens is 1. The van der Waals surface area contributed by atoms with Crippen LogP contribution in [0.4, 0.5) is 5.82 Å². The summed E-state index contributed by atoms with van der Waals surface area (Å²) in [4.78, 5) is 0. The van der Waals surface area contributed by atoms with Crippen LogP contribution in [0.3, 0.4) is 0 Å². The maximum atomic E-state index is 9.39. The van der Waals surface area contributed by atoms with E-state index in [2.05, 4.69) is 11.2 Å². The lowest BCUT2D eigenvalue weighted by molar-refractivity contribution is 0.289. The van der Waals surface area contributed by atoms with Crippen LogP contribution in [0.25, 0.3) is 0 Å². The van der Waals surface area contributed by atoms with Gasteiger partial charge in [-0.2, -0.15) is 5.26 Å². The van der Waals surface area contributed by atoms with Crippen molar-refractivity contribution in [3.05, 3.63) is 70.2 Å². The maximum absolute atomic E-state index is 9.39. The van der Waals surface area contributed by atoms with Crippen molar-refractivity contribution in [3.63, 3.8) is 0 Å². The molecule has 132 valence electrons. The van der Waals surface area contributed by atoms with E-state index < -0.39 is 0 Å². The molecule has 7 heteroatoms. The number of rotatable bonds is 6. The number of benzene rings is 2. The number of nitriles is 1. The highest BCUT2D eigenvalue weighted by Gasteiger charge is 2.17. The average Bonchev–Trinajstić information content (AvgIpc) is 2.96. The molecule has 0 saturated carbocycles. The summed E-state index contributed by atoms with van der Waals surface area (Å²) >= 11 is 6.13. The lowest BCUT2D eigenvalue weighted by Crippen LogP contribution is -2.06. The molecule has 0 bridgehead atoms. The van der Waals surface area contributed by atoms with Gasteiger partial charge in [-0.3, -0.25) is 0 Å². The molecular formula is C19H17ClN4O2. The lowest BCUT2D eigenvalue weighted by Gasteiger charge is -2.06. The zero-order chi connectivity index (χ0) is 18.5. The normalized spacial score (nSPS) is 10.3. The van der Waals surface area contributed by atoms with Crippen molar-refractivity contribution in [2.45, 2.75) is 13.2 Å². The minimum Gasteiger partial charge on any atom is -0.497 e. The van der Waals surface area contributed by atoms with Gasteiger partial charge in [0, 0.05) is 10.6 Å². The van der Waals surface area contributed by atoms with E-state index in [0.717, 1.165) is 16.9 Å². The van der Waals surface area contributed by atoms with Gasteiger partial charge in [-0.15, -0.1) is 5.10 Å². The highest BCUT2D eigenvalue weighted by molar-refractivity contribution is 6.31. The van der Waals surface area contributed by atoms with Gasteiger partial charge in [-0.25, -0.2) is 4.68 Å². The van der Waals surface area contributed by atoms with Crippen LogP contribution < -0.4 is 15.2 Å². The number of anilines is 1. The molecule has 1 aromatic heterocycles. The largest absolute Gasteiger partial charge is 0.497 e. The summed E-state index contributed by atoms with van der Waals surface area (Å²) in [6.07, 6.45) is 0. The van der Waals surface area contributed by atoms with Gasteiger partial charge in [-0.1, -0.05) is 41.9 Å². The second kappa shape index (κ2) is 7.81. The summed E-state index contributed by atoms with van der Waals surface area (Å²) in [6, 6.07) is 16.9. The molecule has 0 aliphatic carbocycles. The fourth-order valence-corrected chi connectivity index (χ4v) is 2.63. The molecule has 0 spiro atoms. The molecule has 6 nitrogen and oxygen atoms in total. The van der Waals surface area contributed by atoms with Crippen molar-refractivity contribution in [1.82, 2.24) is 9.78 Å². The Kier molecular flexibility index (Phi) is 5.30. The Bertz CT molecular complexity index is 945. The third-order valence-corrected chi connectivity index (χ3v) is 4.25. The molecule has 3 rings (SSSR count). The molecule has 2 N–H and O–H groups in total. The lowest BCUT2D eigenvalue weighted by atomic mass is 10.2. The second-order valence-electron chi connectivity index (χ2n) is 5.56. The van der Waals surface area contributed by atoms with E-state index in [1.54, 1.807) is 17.9 Å². The maximum Gasteiger partial charge on any atom is 0.253 e. The molecule has 0 amide bonds. The number of ether oxygens (including phenoxy) is 2. The molecule has 0 atom stereocenters. The van der Waals surface area contributed by atoms with Crippen LogP contribution in [0, 0.1) is 11.3 Å². The Balaban J connectivity index is 1.80. The van der Waals surface area contributed by atoms with E-state index in [1.165, 1.54) is 0 Å². The number of nitrogens with zero attached hydrogens (tertiary/aromatic N) is 3. The van der Waals surface area contributed by atoms with E-state index >= 15 is 0 Å². The zero-order valence-electron chi connectivity index (χ0n) is 14.1. The summed E-state index contributed by atoms with van der Waals surface area (Å²) in [6.45, 7) is 0.618. The predicted molar refractivity (Wildman–Crippen MR) is 99.2 cm³/mol. The summed E-state index contributed by atoms with van der Waals surface area (Å²) in [5.41, 5.74) is 8.06. The van der Waals surface area contributed by atoms with Crippen LogP contribution in [0.2, 0.25) is 5.02 Å². The molecule has 0 unspecified atom stereocenters. The zero-order valence-corrected chi connectivity index (χ0v) is 14.9. The van der Waals surface area contributed by atoms with Gasteiger partial charge in [0.25, 0.3) is 5.88 Å². The smallest absolute Gasteiger partial charge is 0.253 e. The third-order valence-electron chi connectivity index (χ3n) is 3.89. The van der Waals surface area contributed by atoms with Crippen LogP contribution in [0.1, 0.15) is 16.7 Å². The number of hydrogen-bond donors (Lipinski definition) is 1. The van der Waals surface area contributed by atoms with E-state index in [1.807, 2.05) is 42.5 Å². The van der Waals surface area contributed by atoms with E-state index in [4.69, 9.17) is 26.8 Å². The van der Waals surface area contributed by atoms with Gasteiger partial charge in [0.1, 0.15) is 24.2 Å². The van der Waals surface area contributed by atoms with Gasteiger partial charge in [0.05, 0.1) is 13.7 Å². The minimum atomic E-state index is 0.193. The highest BCUT2D eigenvalue weighted by atomic mass is 35.5. The van der Waals surface area contributed by atoms with Crippen LogP contribution in [-0.2, 0) is 13.2 Å². The first-order chi connectivity index (χ1) is 12.6. The molecule has 1 heterocycles. The van der Waals surface area contributed by atoms with Crippen LogP contribution in [0.5, 0.6) is 11.6 Å². The Morgan fingerprint density at radius 3 is 2.58 bits per heavy atom. The Morgan fingerprint density at radius 1 is 1.19 bits per heavy atom. The fourth-order valence-electron chi connectivity index (χ4n) is 2.44. The SMILES string of the molecule is COc1ccc(Cn2nc(OCc3ccccc3Cl)c(C#N)c2N)cc1. The number of hydrogen-bond acceptors (Lipinski definition) is 5. The number of methoxy groups -OCH3 is 1. The first-order valence-electron chi connectivity index (χ1n) is 7.88. The topological polar surface area (TPSA) is 86.1 Å². The van der Waals surface area contributed by atoms with E-state index in [-0.39, 0.29) is 23.9 Å². The molecular weight excluding hydrogens is 352 g/mol. The van der Waals surface area contributed by atoms with Gasteiger partial charge >= 0.3 is 0 Å². The number of aromatic nitrogens is 2. The van der Waals surface area contributed by atoms with E-state index in [0.29, 0.717) is 11.6 Å². The summed E-state index contributed by atoms with van der Waals surface area (Å²) in [5.74, 6) is 1.22. The van der Waals surface area contributed by atoms with E-state index in [9.17, 15) is 5.26 Å². The summed E-state index contributed by atoms with van der Waals surface area (Å²) in [7, 11) is 1.61. The van der Waals surface area contributed by atoms with Crippen molar-refractivity contribution in [3.8, 4) is 17.7 Å². The average molecular weight is 369 g/mol. The van der Waals surface area contributed by atoms with Crippen molar-refractivity contribution >= 4 is 17.4 Å². The third kappa shape index (κ3) is 3.73. The van der Waals surface area contributed by atoms with Crippen molar-refractivity contribution in [2.24, 2.45) is 0 Å². The first-order valence-corrected chi connectivity index (χ1v) is 8.25. The molecule has 0 aliphatic rings.